The first-order chi connectivity index (χ1) is 12.7. The largest absolute Gasteiger partial charge is 0.344 e. The topological polar surface area (TPSA) is 73.4 Å². The molecule has 0 spiro atoms. The second kappa shape index (κ2) is 8.08. The molecule has 1 aromatic rings. The van der Waals surface area contributed by atoms with Crippen molar-refractivity contribution in [2.75, 3.05) is 36.4 Å². The molecule has 1 aromatic heterocycles. The van der Waals surface area contributed by atoms with E-state index in [0.717, 1.165) is 56.1 Å². The molecule has 2 saturated carbocycles. The Balaban J connectivity index is 1.25. The van der Waals surface area contributed by atoms with Gasteiger partial charge in [0.1, 0.15) is 0 Å². The van der Waals surface area contributed by atoms with Crippen LogP contribution in [0.15, 0.2) is 0 Å². The zero-order chi connectivity index (χ0) is 17.9. The standard InChI is InChI=1S/C18H30N6OS/c1-13-6-7-15(12-13)23-8-10-24(11-9-23)18-22-21-17(26-18)20-16(25)19-14-4-2-3-5-14/h13-15H,2-12H2,1H3,(H2,19,20,21,25). The first-order valence-corrected chi connectivity index (χ1v) is 10.9. The third-order valence-corrected chi connectivity index (χ3v) is 6.99. The van der Waals surface area contributed by atoms with E-state index < -0.39 is 0 Å². The molecule has 2 atom stereocenters. The van der Waals surface area contributed by atoms with Gasteiger partial charge in [0.15, 0.2) is 0 Å². The fourth-order valence-corrected chi connectivity index (χ4v) is 5.36. The van der Waals surface area contributed by atoms with Crippen LogP contribution < -0.4 is 15.5 Å². The number of nitrogens with zero attached hydrogens (tertiary/aromatic N) is 4. The Morgan fingerprint density at radius 1 is 1.08 bits per heavy atom. The van der Waals surface area contributed by atoms with Crippen LogP contribution in [0.4, 0.5) is 15.1 Å². The number of nitrogens with one attached hydrogen (secondary N) is 2. The van der Waals surface area contributed by atoms with E-state index in [2.05, 4.69) is 37.6 Å². The zero-order valence-electron chi connectivity index (χ0n) is 15.6. The van der Waals surface area contributed by atoms with E-state index in [1.165, 1.54) is 43.4 Å². The minimum Gasteiger partial charge on any atom is -0.344 e. The van der Waals surface area contributed by atoms with Crippen molar-refractivity contribution >= 4 is 27.6 Å². The summed E-state index contributed by atoms with van der Waals surface area (Å²) in [5.41, 5.74) is 0. The first-order valence-electron chi connectivity index (χ1n) is 10.1. The first kappa shape index (κ1) is 18.0. The number of anilines is 2. The Hall–Kier alpha value is -1.41. The summed E-state index contributed by atoms with van der Waals surface area (Å²) in [4.78, 5) is 17.0. The fourth-order valence-electron chi connectivity index (χ4n) is 4.57. The summed E-state index contributed by atoms with van der Waals surface area (Å²) >= 11 is 1.47. The van der Waals surface area contributed by atoms with Crippen LogP contribution in [0, 0.1) is 5.92 Å². The number of piperazine rings is 1. The SMILES string of the molecule is CC1CCC(N2CCN(c3nnc(NC(=O)NC4CCCC4)s3)CC2)C1. The molecule has 144 valence electrons. The molecule has 26 heavy (non-hydrogen) atoms. The summed E-state index contributed by atoms with van der Waals surface area (Å²) in [6.07, 6.45) is 8.66. The maximum absolute atomic E-state index is 12.1. The normalized spacial score (nSPS) is 27.8. The molecule has 3 fully saturated rings. The molecule has 2 aliphatic carbocycles. The van der Waals surface area contributed by atoms with Crippen LogP contribution in [0.25, 0.3) is 0 Å². The molecule has 2 N–H and O–H groups in total. The van der Waals surface area contributed by atoms with E-state index >= 15 is 0 Å². The van der Waals surface area contributed by atoms with Gasteiger partial charge in [-0.15, -0.1) is 10.2 Å². The molecule has 1 saturated heterocycles. The Kier molecular flexibility index (Phi) is 5.59. The van der Waals surface area contributed by atoms with Crippen LogP contribution in [0.3, 0.4) is 0 Å². The number of carbonyl (C=O) groups is 1. The van der Waals surface area contributed by atoms with E-state index in [4.69, 9.17) is 0 Å². The van der Waals surface area contributed by atoms with E-state index in [0.29, 0.717) is 11.2 Å². The van der Waals surface area contributed by atoms with Gasteiger partial charge in [-0.2, -0.15) is 0 Å². The Morgan fingerprint density at radius 2 is 1.85 bits per heavy atom. The predicted octanol–water partition coefficient (Wildman–Crippen LogP) is 2.91. The molecular formula is C18H30N6OS. The number of carbonyl (C=O) groups excluding carboxylic acids is 1. The molecular weight excluding hydrogens is 348 g/mol. The summed E-state index contributed by atoms with van der Waals surface area (Å²) in [5, 5.41) is 15.8. The Labute approximate surface area is 159 Å². The minimum atomic E-state index is -0.153. The fraction of sp³-hybridized carbons (Fsp3) is 0.833. The molecule has 0 radical (unpaired) electrons. The summed E-state index contributed by atoms with van der Waals surface area (Å²) in [5.74, 6) is 0.880. The average molecular weight is 379 g/mol. The van der Waals surface area contributed by atoms with Gasteiger partial charge in [0.05, 0.1) is 0 Å². The number of hydrogen-bond acceptors (Lipinski definition) is 6. The molecule has 0 bridgehead atoms. The smallest absolute Gasteiger partial charge is 0.321 e. The van der Waals surface area contributed by atoms with Crippen LogP contribution in [-0.2, 0) is 0 Å². The molecule has 4 rings (SSSR count). The highest BCUT2D eigenvalue weighted by Gasteiger charge is 2.30. The van der Waals surface area contributed by atoms with E-state index in [1.54, 1.807) is 0 Å². The van der Waals surface area contributed by atoms with Gasteiger partial charge in [0.25, 0.3) is 0 Å². The summed E-state index contributed by atoms with van der Waals surface area (Å²) in [7, 11) is 0. The highest BCUT2D eigenvalue weighted by atomic mass is 32.1. The molecule has 2 heterocycles. The summed E-state index contributed by atoms with van der Waals surface area (Å²) in [6, 6.07) is 0.937. The van der Waals surface area contributed by atoms with Gasteiger partial charge >= 0.3 is 6.03 Å². The maximum Gasteiger partial charge on any atom is 0.321 e. The lowest BCUT2D eigenvalue weighted by molar-refractivity contribution is 0.184. The number of urea groups is 1. The highest BCUT2D eigenvalue weighted by Crippen LogP contribution is 2.31. The lowest BCUT2D eigenvalue weighted by Gasteiger charge is -2.37. The average Bonchev–Trinajstić information content (AvgIpc) is 3.38. The van der Waals surface area contributed by atoms with Crippen molar-refractivity contribution in [1.82, 2.24) is 20.4 Å². The van der Waals surface area contributed by atoms with Gasteiger partial charge in [-0.1, -0.05) is 31.1 Å². The van der Waals surface area contributed by atoms with Gasteiger partial charge in [0, 0.05) is 38.3 Å². The summed E-state index contributed by atoms with van der Waals surface area (Å²) < 4.78 is 0. The van der Waals surface area contributed by atoms with Crippen LogP contribution in [-0.4, -0.2) is 59.4 Å². The van der Waals surface area contributed by atoms with Crippen LogP contribution >= 0.6 is 11.3 Å². The summed E-state index contributed by atoms with van der Waals surface area (Å²) in [6.45, 7) is 6.56. The number of rotatable bonds is 4. The molecule has 2 unspecified atom stereocenters. The van der Waals surface area contributed by atoms with Crippen molar-refractivity contribution in [3.8, 4) is 0 Å². The Bertz CT molecular complexity index is 609. The van der Waals surface area contributed by atoms with Gasteiger partial charge in [-0.25, -0.2) is 4.79 Å². The lowest BCUT2D eigenvalue weighted by atomic mass is 10.1. The van der Waals surface area contributed by atoms with Crippen molar-refractivity contribution in [1.29, 1.82) is 0 Å². The quantitative estimate of drug-likeness (QED) is 0.843. The molecule has 2 amide bonds. The van der Waals surface area contributed by atoms with Crippen LogP contribution in [0.2, 0.25) is 0 Å². The van der Waals surface area contributed by atoms with Crippen molar-refractivity contribution in [2.24, 2.45) is 5.92 Å². The van der Waals surface area contributed by atoms with E-state index in [1.807, 2.05) is 0 Å². The second-order valence-corrected chi connectivity index (χ2v) is 9.02. The van der Waals surface area contributed by atoms with E-state index in [9.17, 15) is 4.79 Å². The third kappa shape index (κ3) is 4.28. The minimum absolute atomic E-state index is 0.153. The Morgan fingerprint density at radius 3 is 2.54 bits per heavy atom. The van der Waals surface area contributed by atoms with Crippen molar-refractivity contribution in [2.45, 2.75) is 64.0 Å². The van der Waals surface area contributed by atoms with E-state index in [-0.39, 0.29) is 6.03 Å². The third-order valence-electron chi connectivity index (χ3n) is 6.09. The molecule has 8 heteroatoms. The van der Waals surface area contributed by atoms with Crippen molar-refractivity contribution in [3.63, 3.8) is 0 Å². The molecule has 3 aliphatic rings. The van der Waals surface area contributed by atoms with Crippen LogP contribution in [0.1, 0.15) is 51.9 Å². The highest BCUT2D eigenvalue weighted by molar-refractivity contribution is 7.19. The lowest BCUT2D eigenvalue weighted by Crippen LogP contribution is -2.49. The molecule has 0 aromatic carbocycles. The van der Waals surface area contributed by atoms with Crippen LogP contribution in [0.5, 0.6) is 0 Å². The monoisotopic (exact) mass is 378 g/mol. The molecule has 1 aliphatic heterocycles. The van der Waals surface area contributed by atoms with Gasteiger partial charge in [0.2, 0.25) is 10.3 Å². The van der Waals surface area contributed by atoms with Gasteiger partial charge in [-0.3, -0.25) is 10.2 Å². The molecule has 7 nitrogen and oxygen atoms in total. The maximum atomic E-state index is 12.1. The van der Waals surface area contributed by atoms with Crippen molar-refractivity contribution in [3.05, 3.63) is 0 Å². The number of aromatic nitrogens is 2. The predicted molar refractivity (Wildman–Crippen MR) is 105 cm³/mol. The second-order valence-electron chi connectivity index (χ2n) is 8.06. The number of amides is 2. The van der Waals surface area contributed by atoms with Gasteiger partial charge < -0.3 is 10.2 Å². The number of hydrogen-bond donors (Lipinski definition) is 2. The van der Waals surface area contributed by atoms with Crippen molar-refractivity contribution < 1.29 is 4.79 Å². The zero-order valence-corrected chi connectivity index (χ0v) is 16.4. The van der Waals surface area contributed by atoms with Gasteiger partial charge in [-0.05, 0) is 38.0 Å².